The topological polar surface area (TPSA) is 30.7 Å². The summed E-state index contributed by atoms with van der Waals surface area (Å²) < 4.78 is 3.22. The van der Waals surface area contributed by atoms with Crippen molar-refractivity contribution in [2.24, 2.45) is 7.05 Å². The van der Waals surface area contributed by atoms with E-state index in [4.69, 9.17) is 0 Å². The molecule has 2 aromatic heterocycles. The molecule has 3 rings (SSSR count). The van der Waals surface area contributed by atoms with Gasteiger partial charge in [0, 0.05) is 18.4 Å². The summed E-state index contributed by atoms with van der Waals surface area (Å²) in [6.45, 7) is 2.09. The minimum absolute atomic E-state index is 0.905. The number of aromatic nitrogens is 3. The van der Waals surface area contributed by atoms with Crippen molar-refractivity contribution in [1.29, 1.82) is 0 Å². The van der Waals surface area contributed by atoms with E-state index in [1.807, 2.05) is 7.05 Å². The van der Waals surface area contributed by atoms with Crippen LogP contribution < -0.4 is 0 Å². The zero-order valence-electron chi connectivity index (χ0n) is 11.7. The summed E-state index contributed by atoms with van der Waals surface area (Å²) in [7, 11) is 2.02. The second-order valence-electron chi connectivity index (χ2n) is 4.78. The van der Waals surface area contributed by atoms with Crippen molar-refractivity contribution in [2.45, 2.75) is 17.8 Å². The molecule has 0 spiro atoms. The van der Waals surface area contributed by atoms with Crippen LogP contribution in [0.5, 0.6) is 0 Å². The summed E-state index contributed by atoms with van der Waals surface area (Å²) in [5.41, 5.74) is 3.64. The van der Waals surface area contributed by atoms with Crippen LogP contribution in [0.2, 0.25) is 0 Å². The molecule has 0 saturated heterocycles. The standard InChI is InChI=1S/C15H14BrN3S2/c1-10-4-3-5-12(6-10)14-17-18-15(19(14)2)21-9-11-7-13(16)20-8-11/h3-8H,9H2,1-2H3. The Balaban J connectivity index is 1.79. The van der Waals surface area contributed by atoms with Gasteiger partial charge < -0.3 is 4.57 Å². The lowest BCUT2D eigenvalue weighted by molar-refractivity contribution is 0.794. The van der Waals surface area contributed by atoms with E-state index in [0.29, 0.717) is 0 Å². The number of thioether (sulfide) groups is 1. The highest BCUT2D eigenvalue weighted by Crippen LogP contribution is 2.28. The first-order valence-corrected chi connectivity index (χ1v) is 9.11. The minimum atomic E-state index is 0.905. The zero-order valence-corrected chi connectivity index (χ0v) is 14.9. The highest BCUT2D eigenvalue weighted by Gasteiger charge is 2.11. The molecule has 0 unspecified atom stereocenters. The fourth-order valence-electron chi connectivity index (χ4n) is 2.05. The lowest BCUT2D eigenvalue weighted by Gasteiger charge is -2.04. The summed E-state index contributed by atoms with van der Waals surface area (Å²) >= 11 is 6.91. The molecule has 0 atom stereocenters. The van der Waals surface area contributed by atoms with Crippen molar-refractivity contribution in [2.75, 3.05) is 0 Å². The molecule has 0 fully saturated rings. The van der Waals surface area contributed by atoms with Crippen LogP contribution in [0.1, 0.15) is 11.1 Å². The molecule has 108 valence electrons. The average Bonchev–Trinajstić information content (AvgIpc) is 3.03. The van der Waals surface area contributed by atoms with Crippen molar-refractivity contribution >= 4 is 39.0 Å². The Morgan fingerprint density at radius 3 is 2.86 bits per heavy atom. The van der Waals surface area contributed by atoms with E-state index in [1.165, 1.54) is 11.1 Å². The molecular weight excluding hydrogens is 366 g/mol. The Bertz CT molecular complexity index is 764. The van der Waals surface area contributed by atoms with Crippen molar-refractivity contribution in [3.63, 3.8) is 0 Å². The molecule has 0 saturated carbocycles. The van der Waals surface area contributed by atoms with E-state index in [2.05, 4.69) is 73.3 Å². The first-order valence-electron chi connectivity index (χ1n) is 6.45. The van der Waals surface area contributed by atoms with Crippen molar-refractivity contribution in [1.82, 2.24) is 14.8 Å². The van der Waals surface area contributed by atoms with Gasteiger partial charge in [-0.3, -0.25) is 0 Å². The van der Waals surface area contributed by atoms with Gasteiger partial charge in [0.1, 0.15) is 0 Å². The molecule has 1 aromatic carbocycles. The predicted octanol–water partition coefficient (Wildman–Crippen LogP) is 4.91. The number of rotatable bonds is 4. The molecule has 3 aromatic rings. The number of benzene rings is 1. The molecule has 2 heterocycles. The molecule has 0 amide bonds. The van der Waals surface area contributed by atoms with Crippen LogP contribution in [0.3, 0.4) is 0 Å². The Morgan fingerprint density at radius 1 is 1.29 bits per heavy atom. The van der Waals surface area contributed by atoms with Crippen LogP contribution >= 0.6 is 39.0 Å². The Kier molecular flexibility index (Phi) is 4.47. The number of aryl methyl sites for hydroxylation is 1. The molecule has 0 aliphatic rings. The van der Waals surface area contributed by atoms with Gasteiger partial charge in [-0.05, 0) is 45.9 Å². The van der Waals surface area contributed by atoms with Gasteiger partial charge in [0.25, 0.3) is 0 Å². The number of nitrogens with zero attached hydrogens (tertiary/aromatic N) is 3. The summed E-state index contributed by atoms with van der Waals surface area (Å²) in [5.74, 6) is 1.81. The lowest BCUT2D eigenvalue weighted by atomic mass is 10.1. The third-order valence-corrected chi connectivity index (χ3v) is 5.75. The van der Waals surface area contributed by atoms with E-state index in [0.717, 1.165) is 26.1 Å². The van der Waals surface area contributed by atoms with Crippen LogP contribution in [-0.2, 0) is 12.8 Å². The molecular formula is C15H14BrN3S2. The number of thiophene rings is 1. The molecule has 0 aliphatic heterocycles. The van der Waals surface area contributed by atoms with E-state index in [9.17, 15) is 0 Å². The van der Waals surface area contributed by atoms with Crippen molar-refractivity contribution in [3.05, 3.63) is 50.6 Å². The Labute approximate surface area is 140 Å². The smallest absolute Gasteiger partial charge is 0.191 e. The fourth-order valence-corrected chi connectivity index (χ4v) is 4.20. The third kappa shape index (κ3) is 3.39. The second-order valence-corrected chi connectivity index (χ2v) is 8.02. The first-order chi connectivity index (χ1) is 10.1. The zero-order chi connectivity index (χ0) is 14.8. The van der Waals surface area contributed by atoms with Crippen LogP contribution in [0.4, 0.5) is 0 Å². The van der Waals surface area contributed by atoms with Crippen LogP contribution in [0.25, 0.3) is 11.4 Å². The van der Waals surface area contributed by atoms with Gasteiger partial charge in [-0.2, -0.15) is 0 Å². The molecule has 21 heavy (non-hydrogen) atoms. The summed E-state index contributed by atoms with van der Waals surface area (Å²) in [5, 5.41) is 11.7. The first kappa shape index (κ1) is 14.8. The number of hydrogen-bond donors (Lipinski definition) is 0. The predicted molar refractivity (Wildman–Crippen MR) is 92.8 cm³/mol. The summed E-state index contributed by atoms with van der Waals surface area (Å²) in [4.78, 5) is 0. The van der Waals surface area contributed by atoms with Crippen LogP contribution in [0.15, 0.2) is 44.7 Å². The van der Waals surface area contributed by atoms with Gasteiger partial charge in [-0.15, -0.1) is 21.5 Å². The van der Waals surface area contributed by atoms with Gasteiger partial charge >= 0.3 is 0 Å². The Morgan fingerprint density at radius 2 is 2.14 bits per heavy atom. The fraction of sp³-hybridized carbons (Fsp3) is 0.200. The van der Waals surface area contributed by atoms with E-state index in [1.54, 1.807) is 23.1 Å². The van der Waals surface area contributed by atoms with Gasteiger partial charge in [-0.1, -0.05) is 35.5 Å². The van der Waals surface area contributed by atoms with E-state index >= 15 is 0 Å². The van der Waals surface area contributed by atoms with Gasteiger partial charge in [0.2, 0.25) is 0 Å². The maximum atomic E-state index is 4.33. The Hall–Kier alpha value is -1.11. The molecule has 3 nitrogen and oxygen atoms in total. The van der Waals surface area contributed by atoms with Crippen molar-refractivity contribution < 1.29 is 0 Å². The average molecular weight is 380 g/mol. The van der Waals surface area contributed by atoms with Crippen LogP contribution in [0, 0.1) is 6.92 Å². The molecule has 6 heteroatoms. The van der Waals surface area contributed by atoms with Gasteiger partial charge in [-0.25, -0.2) is 0 Å². The number of halogens is 1. The maximum absolute atomic E-state index is 4.33. The maximum Gasteiger partial charge on any atom is 0.191 e. The minimum Gasteiger partial charge on any atom is -0.305 e. The highest BCUT2D eigenvalue weighted by atomic mass is 79.9. The molecule has 0 bridgehead atoms. The summed E-state index contributed by atoms with van der Waals surface area (Å²) in [6.07, 6.45) is 0. The van der Waals surface area contributed by atoms with Crippen molar-refractivity contribution in [3.8, 4) is 11.4 Å². The molecule has 0 N–H and O–H groups in total. The van der Waals surface area contributed by atoms with Gasteiger partial charge in [0.15, 0.2) is 11.0 Å². The normalized spacial score (nSPS) is 11.0. The lowest BCUT2D eigenvalue weighted by Crippen LogP contribution is -1.95. The number of hydrogen-bond acceptors (Lipinski definition) is 4. The summed E-state index contributed by atoms with van der Waals surface area (Å²) in [6, 6.07) is 10.5. The quantitative estimate of drug-likeness (QED) is 0.603. The second kappa shape index (κ2) is 6.34. The molecule has 0 radical (unpaired) electrons. The monoisotopic (exact) mass is 379 g/mol. The van der Waals surface area contributed by atoms with Gasteiger partial charge in [0.05, 0.1) is 3.79 Å². The van der Waals surface area contributed by atoms with E-state index < -0.39 is 0 Å². The third-order valence-electron chi connectivity index (χ3n) is 3.10. The van der Waals surface area contributed by atoms with E-state index in [-0.39, 0.29) is 0 Å². The van der Waals surface area contributed by atoms with Crippen LogP contribution in [-0.4, -0.2) is 14.8 Å². The largest absolute Gasteiger partial charge is 0.305 e. The molecule has 0 aliphatic carbocycles. The highest BCUT2D eigenvalue weighted by molar-refractivity contribution is 9.11. The SMILES string of the molecule is Cc1cccc(-c2nnc(SCc3csc(Br)c3)n2C)c1.